The van der Waals surface area contributed by atoms with Gasteiger partial charge in [0.1, 0.15) is 0 Å². The zero-order valence-corrected chi connectivity index (χ0v) is 22.2. The van der Waals surface area contributed by atoms with Crippen LogP contribution in [0.5, 0.6) is 11.5 Å². The summed E-state index contributed by atoms with van der Waals surface area (Å²) in [7, 11) is 1.56. The first kappa shape index (κ1) is 26.1. The molecule has 0 unspecified atom stereocenters. The number of anilines is 1. The maximum Gasteiger partial charge on any atom is 0.262 e. The van der Waals surface area contributed by atoms with E-state index in [2.05, 4.69) is 16.3 Å². The second kappa shape index (κ2) is 11.4. The summed E-state index contributed by atoms with van der Waals surface area (Å²) in [6.45, 7) is 6.48. The van der Waals surface area contributed by atoms with Crippen LogP contribution >= 0.6 is 0 Å². The van der Waals surface area contributed by atoms with Gasteiger partial charge >= 0.3 is 0 Å². The van der Waals surface area contributed by atoms with Crippen LogP contribution < -0.4 is 19.7 Å². The number of piperidine rings is 2. The van der Waals surface area contributed by atoms with Gasteiger partial charge in [0.2, 0.25) is 0 Å². The number of amides is 2. The van der Waals surface area contributed by atoms with Gasteiger partial charge in [-0.2, -0.15) is 5.26 Å². The van der Waals surface area contributed by atoms with Crippen LogP contribution in [0.4, 0.5) is 5.69 Å². The normalized spacial score (nSPS) is 19.3. The second-order valence-electron chi connectivity index (χ2n) is 10.3. The minimum atomic E-state index is -0.721. The molecule has 2 aromatic carbocycles. The topological polar surface area (TPSA) is 94.9 Å². The fourth-order valence-corrected chi connectivity index (χ4v) is 6.29. The molecule has 1 N–H and O–H groups in total. The Labute approximate surface area is 224 Å². The van der Waals surface area contributed by atoms with Crippen molar-refractivity contribution in [3.8, 4) is 17.6 Å². The lowest BCUT2D eigenvalue weighted by atomic mass is 9.79. The number of hydrogen-bond acceptors (Lipinski definition) is 7. The third kappa shape index (κ3) is 4.95. The van der Waals surface area contributed by atoms with Crippen molar-refractivity contribution < 1.29 is 19.1 Å². The number of carbonyl (C=O) groups excluding carboxylic acids is 2. The summed E-state index contributed by atoms with van der Waals surface area (Å²) in [6.07, 6.45) is 4.83. The van der Waals surface area contributed by atoms with Gasteiger partial charge < -0.3 is 19.7 Å². The molecule has 0 saturated carbocycles. The number of imide groups is 1. The zero-order chi connectivity index (χ0) is 26.6. The molecule has 0 bridgehead atoms. The first-order chi connectivity index (χ1) is 18.5. The molecule has 1 atom stereocenters. The van der Waals surface area contributed by atoms with Crippen LogP contribution in [-0.4, -0.2) is 56.6 Å². The Kier molecular flexibility index (Phi) is 7.85. The van der Waals surface area contributed by atoms with E-state index >= 15 is 0 Å². The lowest BCUT2D eigenvalue weighted by Crippen LogP contribution is -2.39. The van der Waals surface area contributed by atoms with E-state index in [9.17, 15) is 14.9 Å². The summed E-state index contributed by atoms with van der Waals surface area (Å²) in [5.41, 5.74) is 2.44. The van der Waals surface area contributed by atoms with Gasteiger partial charge in [-0.05, 0) is 93.4 Å². The summed E-state index contributed by atoms with van der Waals surface area (Å²) in [4.78, 5) is 30.7. The predicted octanol–water partition coefficient (Wildman–Crippen LogP) is 4.56. The Balaban J connectivity index is 1.36. The SMILES string of the molecule is CCOc1cc([C@@H](CC#N)N2C(=O)c3ccc(N4CCC(C5CCNCC5)CC4)cc3C2=O)ccc1OC. The van der Waals surface area contributed by atoms with Gasteiger partial charge in [0.15, 0.2) is 11.5 Å². The minimum Gasteiger partial charge on any atom is -0.493 e. The van der Waals surface area contributed by atoms with E-state index in [1.165, 1.54) is 17.7 Å². The molecule has 0 radical (unpaired) electrons. The fraction of sp³-hybridized carbons (Fsp3) is 0.500. The van der Waals surface area contributed by atoms with Crippen LogP contribution in [0.2, 0.25) is 0 Å². The van der Waals surface area contributed by atoms with Gasteiger partial charge in [-0.1, -0.05) is 6.07 Å². The van der Waals surface area contributed by atoms with Crippen LogP contribution in [0, 0.1) is 23.2 Å². The van der Waals surface area contributed by atoms with Crippen LogP contribution in [0.15, 0.2) is 36.4 Å². The Morgan fingerprint density at radius 2 is 1.68 bits per heavy atom. The van der Waals surface area contributed by atoms with Crippen molar-refractivity contribution in [3.05, 3.63) is 53.1 Å². The molecule has 3 heterocycles. The summed E-state index contributed by atoms with van der Waals surface area (Å²) in [5.74, 6) is 1.92. The highest BCUT2D eigenvalue weighted by Crippen LogP contribution is 2.39. The summed E-state index contributed by atoms with van der Waals surface area (Å²) < 4.78 is 11.1. The van der Waals surface area contributed by atoms with Gasteiger partial charge in [0.25, 0.3) is 11.8 Å². The minimum absolute atomic E-state index is 0.0135. The van der Waals surface area contributed by atoms with E-state index in [-0.39, 0.29) is 18.2 Å². The molecule has 2 amide bonds. The Morgan fingerprint density at radius 3 is 2.37 bits per heavy atom. The number of rotatable bonds is 8. The van der Waals surface area contributed by atoms with Crippen molar-refractivity contribution in [2.45, 2.75) is 45.1 Å². The zero-order valence-electron chi connectivity index (χ0n) is 22.2. The number of nitriles is 1. The highest BCUT2D eigenvalue weighted by Gasteiger charge is 2.41. The molecular weight excluding hydrogens is 480 g/mol. The maximum absolute atomic E-state index is 13.6. The standard InChI is InChI=1S/C30H36N4O4/c1-3-38-28-18-22(4-7-27(28)37-2)26(8-13-31)34-29(35)24-6-5-23(19-25(24)30(34)36)33-16-11-21(12-17-33)20-9-14-32-15-10-20/h4-7,18-21,26,32H,3,8-12,14-17H2,1-2H3/t26-/m1/s1. The van der Waals surface area contributed by atoms with E-state index in [0.29, 0.717) is 34.8 Å². The van der Waals surface area contributed by atoms with Crippen LogP contribution in [-0.2, 0) is 0 Å². The molecule has 8 nitrogen and oxygen atoms in total. The largest absolute Gasteiger partial charge is 0.493 e. The van der Waals surface area contributed by atoms with Crippen molar-refractivity contribution in [1.82, 2.24) is 10.2 Å². The molecule has 3 aliphatic rings. The van der Waals surface area contributed by atoms with Gasteiger partial charge in [-0.3, -0.25) is 14.5 Å². The Bertz CT molecular complexity index is 1230. The van der Waals surface area contributed by atoms with Crippen LogP contribution in [0.1, 0.15) is 71.3 Å². The number of methoxy groups -OCH3 is 1. The molecule has 2 saturated heterocycles. The van der Waals surface area contributed by atoms with Gasteiger partial charge in [-0.25, -0.2) is 0 Å². The molecule has 8 heteroatoms. The molecule has 5 rings (SSSR count). The molecule has 2 fully saturated rings. The molecular formula is C30H36N4O4. The number of hydrogen-bond donors (Lipinski definition) is 1. The summed E-state index contributed by atoms with van der Waals surface area (Å²) in [6, 6.07) is 12.3. The van der Waals surface area contributed by atoms with Crippen molar-refractivity contribution in [2.24, 2.45) is 11.8 Å². The van der Waals surface area contributed by atoms with E-state index < -0.39 is 6.04 Å². The number of carbonyl (C=O) groups is 2. The van der Waals surface area contributed by atoms with E-state index in [0.717, 1.165) is 56.5 Å². The average molecular weight is 517 g/mol. The number of benzene rings is 2. The van der Waals surface area contributed by atoms with E-state index in [1.807, 2.05) is 19.1 Å². The first-order valence-corrected chi connectivity index (χ1v) is 13.7. The van der Waals surface area contributed by atoms with Crippen molar-refractivity contribution in [3.63, 3.8) is 0 Å². The second-order valence-corrected chi connectivity index (χ2v) is 10.3. The molecule has 0 aromatic heterocycles. The monoisotopic (exact) mass is 516 g/mol. The third-order valence-corrected chi connectivity index (χ3v) is 8.33. The van der Waals surface area contributed by atoms with E-state index in [4.69, 9.17) is 9.47 Å². The lowest BCUT2D eigenvalue weighted by molar-refractivity contribution is 0.0584. The first-order valence-electron chi connectivity index (χ1n) is 13.7. The number of fused-ring (bicyclic) bond motifs is 1. The number of nitrogens with zero attached hydrogens (tertiary/aromatic N) is 3. The summed E-state index contributed by atoms with van der Waals surface area (Å²) >= 11 is 0. The number of ether oxygens (including phenoxy) is 2. The molecule has 0 aliphatic carbocycles. The third-order valence-electron chi connectivity index (χ3n) is 8.33. The Morgan fingerprint density at radius 1 is 0.974 bits per heavy atom. The smallest absolute Gasteiger partial charge is 0.262 e. The van der Waals surface area contributed by atoms with Crippen molar-refractivity contribution in [2.75, 3.05) is 44.8 Å². The van der Waals surface area contributed by atoms with Crippen LogP contribution in [0.25, 0.3) is 0 Å². The quantitative estimate of drug-likeness (QED) is 0.514. The van der Waals surface area contributed by atoms with E-state index in [1.54, 1.807) is 31.4 Å². The highest BCUT2D eigenvalue weighted by atomic mass is 16.5. The van der Waals surface area contributed by atoms with Gasteiger partial charge in [-0.15, -0.1) is 0 Å². The Hall–Kier alpha value is -3.57. The van der Waals surface area contributed by atoms with Gasteiger partial charge in [0, 0.05) is 18.8 Å². The lowest BCUT2D eigenvalue weighted by Gasteiger charge is -2.38. The molecule has 200 valence electrons. The van der Waals surface area contributed by atoms with Crippen molar-refractivity contribution in [1.29, 1.82) is 5.26 Å². The number of nitrogens with one attached hydrogen (secondary N) is 1. The molecule has 3 aliphatic heterocycles. The molecule has 0 spiro atoms. The average Bonchev–Trinajstić information content (AvgIpc) is 3.21. The summed E-state index contributed by atoms with van der Waals surface area (Å²) in [5, 5.41) is 13.0. The highest BCUT2D eigenvalue weighted by molar-refractivity contribution is 6.22. The predicted molar refractivity (Wildman–Crippen MR) is 145 cm³/mol. The fourth-order valence-electron chi connectivity index (χ4n) is 6.29. The maximum atomic E-state index is 13.6. The van der Waals surface area contributed by atoms with Gasteiger partial charge in [0.05, 0.1) is 43.4 Å². The van der Waals surface area contributed by atoms with Crippen molar-refractivity contribution >= 4 is 17.5 Å². The molecule has 2 aromatic rings. The molecule has 38 heavy (non-hydrogen) atoms. The van der Waals surface area contributed by atoms with Crippen LogP contribution in [0.3, 0.4) is 0 Å².